The molecular weight excluding hydrogens is 243 g/mol. The number of phenolic OH excluding ortho intramolecular Hbond substituents is 1. The zero-order valence-electron chi connectivity index (χ0n) is 6.47. The van der Waals surface area contributed by atoms with Gasteiger partial charge < -0.3 is 9.84 Å². The molecule has 4 heteroatoms. The Hall–Kier alpha value is -0.410. The Kier molecular flexibility index (Phi) is 3.23. The average Bonchev–Trinajstić information content (AvgIpc) is 2.06. The van der Waals surface area contributed by atoms with Crippen LogP contribution in [0.3, 0.4) is 0 Å². The van der Waals surface area contributed by atoms with Crippen LogP contribution in [0.5, 0.6) is 11.5 Å². The van der Waals surface area contributed by atoms with Crippen molar-refractivity contribution in [2.45, 2.75) is 5.88 Å². The van der Waals surface area contributed by atoms with E-state index in [1.165, 1.54) is 7.11 Å². The summed E-state index contributed by atoms with van der Waals surface area (Å²) in [6, 6.07) is 3.46. The Bertz CT molecular complexity index is 289. The van der Waals surface area contributed by atoms with Gasteiger partial charge in [0.25, 0.3) is 0 Å². The highest BCUT2D eigenvalue weighted by Crippen LogP contribution is 2.35. The molecule has 1 N–H and O–H groups in total. The van der Waals surface area contributed by atoms with Gasteiger partial charge in [-0.15, -0.1) is 11.6 Å². The summed E-state index contributed by atoms with van der Waals surface area (Å²) in [5.41, 5.74) is 0.649. The highest BCUT2D eigenvalue weighted by atomic mass is 79.9. The molecule has 0 fully saturated rings. The van der Waals surface area contributed by atoms with Gasteiger partial charge in [0.1, 0.15) is 0 Å². The predicted octanol–water partition coefficient (Wildman–Crippen LogP) is 2.90. The zero-order chi connectivity index (χ0) is 9.14. The van der Waals surface area contributed by atoms with Gasteiger partial charge in [0, 0.05) is 10.0 Å². The molecule has 1 aromatic rings. The first-order chi connectivity index (χ1) is 5.70. The Morgan fingerprint density at radius 2 is 2.25 bits per heavy atom. The molecule has 0 saturated carbocycles. The number of rotatable bonds is 2. The summed E-state index contributed by atoms with van der Waals surface area (Å²) in [7, 11) is 1.50. The fourth-order valence-electron chi connectivity index (χ4n) is 0.882. The number of hydrogen-bond acceptors (Lipinski definition) is 2. The van der Waals surface area contributed by atoms with E-state index in [0.717, 1.165) is 4.47 Å². The van der Waals surface area contributed by atoms with E-state index in [0.29, 0.717) is 11.3 Å². The van der Waals surface area contributed by atoms with E-state index in [9.17, 15) is 5.11 Å². The van der Waals surface area contributed by atoms with Crippen molar-refractivity contribution < 1.29 is 9.84 Å². The second kappa shape index (κ2) is 4.01. The fraction of sp³-hybridized carbons (Fsp3) is 0.250. The Morgan fingerprint density at radius 3 is 2.75 bits per heavy atom. The van der Waals surface area contributed by atoms with E-state index in [1.54, 1.807) is 12.1 Å². The van der Waals surface area contributed by atoms with Gasteiger partial charge in [-0.2, -0.15) is 0 Å². The van der Waals surface area contributed by atoms with Crippen molar-refractivity contribution in [3.63, 3.8) is 0 Å². The summed E-state index contributed by atoms with van der Waals surface area (Å²) >= 11 is 8.89. The minimum atomic E-state index is 0.0990. The molecule has 0 atom stereocenters. The van der Waals surface area contributed by atoms with E-state index in [4.69, 9.17) is 16.3 Å². The molecule has 0 amide bonds. The summed E-state index contributed by atoms with van der Waals surface area (Å²) in [5, 5.41) is 9.53. The maximum atomic E-state index is 9.53. The molecule has 1 rings (SSSR count). The van der Waals surface area contributed by atoms with Crippen LogP contribution in [0, 0.1) is 0 Å². The Labute approximate surface area is 84.2 Å². The number of alkyl halides is 1. The van der Waals surface area contributed by atoms with Crippen LogP contribution >= 0.6 is 27.5 Å². The van der Waals surface area contributed by atoms with Gasteiger partial charge in [-0.05, 0) is 12.1 Å². The number of methoxy groups -OCH3 is 1. The first kappa shape index (κ1) is 9.68. The van der Waals surface area contributed by atoms with Crippen LogP contribution < -0.4 is 4.74 Å². The first-order valence-electron chi connectivity index (χ1n) is 3.31. The van der Waals surface area contributed by atoms with Gasteiger partial charge in [0.15, 0.2) is 11.5 Å². The van der Waals surface area contributed by atoms with Crippen molar-refractivity contribution in [1.29, 1.82) is 0 Å². The summed E-state index contributed by atoms with van der Waals surface area (Å²) in [4.78, 5) is 0. The summed E-state index contributed by atoms with van der Waals surface area (Å²) < 4.78 is 5.70. The molecular formula is C8H8BrClO2. The lowest BCUT2D eigenvalue weighted by Crippen LogP contribution is -1.88. The lowest BCUT2D eigenvalue weighted by atomic mass is 10.2. The Balaban J connectivity index is 3.24. The lowest BCUT2D eigenvalue weighted by Gasteiger charge is -2.07. The van der Waals surface area contributed by atoms with E-state index in [-0.39, 0.29) is 11.6 Å². The molecule has 66 valence electrons. The van der Waals surface area contributed by atoms with Crippen LogP contribution in [0.25, 0.3) is 0 Å². The van der Waals surface area contributed by atoms with E-state index >= 15 is 0 Å². The number of benzene rings is 1. The largest absolute Gasteiger partial charge is 0.504 e. The highest BCUT2D eigenvalue weighted by molar-refractivity contribution is 9.10. The van der Waals surface area contributed by atoms with Crippen LogP contribution in [0.4, 0.5) is 0 Å². The SMILES string of the molecule is COc1ccc(Br)c(CCl)c1O. The van der Waals surface area contributed by atoms with Crippen LogP contribution in [0.2, 0.25) is 0 Å². The third-order valence-electron chi connectivity index (χ3n) is 1.54. The lowest BCUT2D eigenvalue weighted by molar-refractivity contribution is 0.371. The molecule has 0 aliphatic rings. The minimum absolute atomic E-state index is 0.0990. The van der Waals surface area contributed by atoms with E-state index < -0.39 is 0 Å². The zero-order valence-corrected chi connectivity index (χ0v) is 8.82. The summed E-state index contributed by atoms with van der Waals surface area (Å²) in [6.07, 6.45) is 0. The molecule has 0 aliphatic heterocycles. The third kappa shape index (κ3) is 1.67. The average molecular weight is 252 g/mol. The van der Waals surface area contributed by atoms with Crippen molar-refractivity contribution in [2.24, 2.45) is 0 Å². The molecule has 0 aromatic heterocycles. The molecule has 12 heavy (non-hydrogen) atoms. The molecule has 0 heterocycles. The molecule has 2 nitrogen and oxygen atoms in total. The highest BCUT2D eigenvalue weighted by Gasteiger charge is 2.09. The third-order valence-corrected chi connectivity index (χ3v) is 2.55. The first-order valence-corrected chi connectivity index (χ1v) is 4.63. The summed E-state index contributed by atoms with van der Waals surface area (Å²) in [6.45, 7) is 0. The monoisotopic (exact) mass is 250 g/mol. The van der Waals surface area contributed by atoms with E-state index in [1.807, 2.05) is 0 Å². The van der Waals surface area contributed by atoms with Gasteiger partial charge >= 0.3 is 0 Å². The number of ether oxygens (including phenoxy) is 1. The molecule has 1 aromatic carbocycles. The van der Waals surface area contributed by atoms with E-state index in [2.05, 4.69) is 15.9 Å². The number of hydrogen-bond donors (Lipinski definition) is 1. The van der Waals surface area contributed by atoms with Crippen molar-refractivity contribution >= 4 is 27.5 Å². The van der Waals surface area contributed by atoms with Crippen molar-refractivity contribution in [1.82, 2.24) is 0 Å². The van der Waals surface area contributed by atoms with Crippen LogP contribution in [-0.2, 0) is 5.88 Å². The van der Waals surface area contributed by atoms with Gasteiger partial charge in [-0.1, -0.05) is 15.9 Å². The number of halogens is 2. The fourth-order valence-corrected chi connectivity index (χ4v) is 1.77. The van der Waals surface area contributed by atoms with Crippen LogP contribution in [-0.4, -0.2) is 12.2 Å². The minimum Gasteiger partial charge on any atom is -0.504 e. The number of phenols is 1. The second-order valence-electron chi connectivity index (χ2n) is 2.21. The molecule has 0 bridgehead atoms. The predicted molar refractivity (Wildman–Crippen MR) is 51.9 cm³/mol. The van der Waals surface area contributed by atoms with Crippen molar-refractivity contribution in [3.8, 4) is 11.5 Å². The molecule has 0 spiro atoms. The molecule has 0 saturated heterocycles. The standard InChI is InChI=1S/C8H8BrClO2/c1-12-7-3-2-6(9)5(4-10)8(7)11/h2-3,11H,4H2,1H3. The van der Waals surface area contributed by atoms with Gasteiger partial charge in [-0.25, -0.2) is 0 Å². The van der Waals surface area contributed by atoms with Crippen LogP contribution in [0.15, 0.2) is 16.6 Å². The smallest absolute Gasteiger partial charge is 0.163 e. The van der Waals surface area contributed by atoms with Gasteiger partial charge in [0.05, 0.1) is 13.0 Å². The maximum absolute atomic E-state index is 9.53. The Morgan fingerprint density at radius 1 is 1.58 bits per heavy atom. The van der Waals surface area contributed by atoms with Crippen LogP contribution in [0.1, 0.15) is 5.56 Å². The normalized spacial score (nSPS) is 9.92. The van der Waals surface area contributed by atoms with Gasteiger partial charge in [-0.3, -0.25) is 0 Å². The topological polar surface area (TPSA) is 29.5 Å². The molecule has 0 radical (unpaired) electrons. The molecule has 0 unspecified atom stereocenters. The number of aromatic hydroxyl groups is 1. The second-order valence-corrected chi connectivity index (χ2v) is 3.33. The summed E-state index contributed by atoms with van der Waals surface area (Å²) in [5.74, 6) is 0.791. The van der Waals surface area contributed by atoms with Crippen molar-refractivity contribution in [3.05, 3.63) is 22.2 Å². The van der Waals surface area contributed by atoms with Crippen molar-refractivity contribution in [2.75, 3.05) is 7.11 Å². The molecule has 0 aliphatic carbocycles. The van der Waals surface area contributed by atoms with Gasteiger partial charge in [0.2, 0.25) is 0 Å². The quantitative estimate of drug-likeness (QED) is 0.819. The maximum Gasteiger partial charge on any atom is 0.163 e.